The third-order valence-electron chi connectivity index (χ3n) is 3.70. The van der Waals surface area contributed by atoms with Gasteiger partial charge in [0.25, 0.3) is 5.91 Å². The summed E-state index contributed by atoms with van der Waals surface area (Å²) in [5, 5.41) is 5.47. The number of hydrogen-bond acceptors (Lipinski definition) is 5. The molecule has 0 aliphatic carbocycles. The van der Waals surface area contributed by atoms with Crippen LogP contribution in [0.15, 0.2) is 24.3 Å². The molecule has 1 aromatic heterocycles. The van der Waals surface area contributed by atoms with Gasteiger partial charge in [0, 0.05) is 19.0 Å². The van der Waals surface area contributed by atoms with Gasteiger partial charge in [-0.25, -0.2) is 10.5 Å². The van der Waals surface area contributed by atoms with Gasteiger partial charge in [0.05, 0.1) is 12.8 Å². The first kappa shape index (κ1) is 14.3. The molecular weight excluding hydrogens is 284 g/mol. The molecule has 1 amide bonds. The van der Waals surface area contributed by atoms with E-state index < -0.39 is 0 Å². The average Bonchev–Trinajstić information content (AvgIpc) is 2.91. The largest absolute Gasteiger partial charge is 0.497 e. The highest BCUT2D eigenvalue weighted by molar-refractivity contribution is 6.01. The maximum atomic E-state index is 12.4. The number of fused-ring (bicyclic) bond motifs is 1. The Labute approximate surface area is 127 Å². The molecule has 7 nitrogen and oxygen atoms in total. The van der Waals surface area contributed by atoms with E-state index in [0.717, 1.165) is 5.01 Å². The van der Waals surface area contributed by atoms with Crippen LogP contribution in [-0.2, 0) is 6.42 Å². The van der Waals surface area contributed by atoms with Gasteiger partial charge >= 0.3 is 0 Å². The number of amides is 1. The number of carbonyl (C=O) groups is 2. The number of nitrogens with zero attached hydrogens (tertiary/aromatic N) is 3. The third kappa shape index (κ3) is 2.15. The van der Waals surface area contributed by atoms with E-state index in [9.17, 15) is 9.59 Å². The van der Waals surface area contributed by atoms with Crippen LogP contribution in [0.3, 0.4) is 0 Å². The van der Waals surface area contributed by atoms with Crippen LogP contribution in [0.2, 0.25) is 0 Å². The zero-order valence-electron chi connectivity index (χ0n) is 12.4. The number of nitrogens with two attached hydrogens (primary N) is 1. The van der Waals surface area contributed by atoms with Crippen molar-refractivity contribution in [3.63, 3.8) is 0 Å². The van der Waals surface area contributed by atoms with Crippen LogP contribution in [0, 0.1) is 0 Å². The van der Waals surface area contributed by atoms with Crippen LogP contribution in [-0.4, -0.2) is 40.1 Å². The van der Waals surface area contributed by atoms with E-state index in [1.54, 1.807) is 31.4 Å². The molecule has 0 atom stereocenters. The lowest BCUT2D eigenvalue weighted by molar-refractivity contribution is 0.0730. The molecule has 0 fully saturated rings. The molecule has 0 unspecified atom stereocenters. The average molecular weight is 300 g/mol. The summed E-state index contributed by atoms with van der Waals surface area (Å²) in [6.07, 6.45) is 0.517. The Bertz CT molecular complexity index is 749. The summed E-state index contributed by atoms with van der Waals surface area (Å²) >= 11 is 0. The molecule has 2 N–H and O–H groups in total. The number of methoxy groups -OCH3 is 1. The minimum atomic E-state index is -0.336. The molecule has 0 saturated carbocycles. The molecule has 22 heavy (non-hydrogen) atoms. The normalized spacial score (nSPS) is 14.0. The number of ketones is 1. The molecular formula is C15H16N4O3. The van der Waals surface area contributed by atoms with E-state index >= 15 is 0 Å². The standard InChI is InChI=1S/C15H16N4O3/c1-9(20)13-12-7-8-18(16)15(21)14(12)19(17-13)10-3-5-11(22-2)6-4-10/h3-6H,7-8,16H2,1-2H3. The number of ether oxygens (including phenoxy) is 1. The highest BCUT2D eigenvalue weighted by atomic mass is 16.5. The van der Waals surface area contributed by atoms with E-state index in [0.29, 0.717) is 41.4 Å². The van der Waals surface area contributed by atoms with Crippen molar-refractivity contribution >= 4 is 11.7 Å². The number of rotatable bonds is 3. The maximum absolute atomic E-state index is 12.4. The lowest BCUT2D eigenvalue weighted by atomic mass is 10.0. The molecule has 1 aliphatic rings. The van der Waals surface area contributed by atoms with E-state index in [-0.39, 0.29) is 11.7 Å². The van der Waals surface area contributed by atoms with E-state index in [2.05, 4.69) is 5.10 Å². The summed E-state index contributed by atoms with van der Waals surface area (Å²) in [6, 6.07) is 7.09. The minimum Gasteiger partial charge on any atom is -0.497 e. The zero-order chi connectivity index (χ0) is 15.9. The molecule has 0 bridgehead atoms. The van der Waals surface area contributed by atoms with Crippen molar-refractivity contribution in [1.82, 2.24) is 14.8 Å². The highest BCUT2D eigenvalue weighted by Crippen LogP contribution is 2.25. The second-order valence-corrected chi connectivity index (χ2v) is 5.09. The van der Waals surface area contributed by atoms with Gasteiger partial charge in [-0.1, -0.05) is 0 Å². The molecule has 2 heterocycles. The second-order valence-electron chi connectivity index (χ2n) is 5.09. The summed E-state index contributed by atoms with van der Waals surface area (Å²) in [4.78, 5) is 24.2. The first-order valence-electron chi connectivity index (χ1n) is 6.86. The second kappa shape index (κ2) is 5.27. The smallest absolute Gasteiger partial charge is 0.286 e. The Morgan fingerprint density at radius 2 is 2.00 bits per heavy atom. The van der Waals surface area contributed by atoms with Crippen LogP contribution >= 0.6 is 0 Å². The SMILES string of the molecule is COc1ccc(-n2nc(C(C)=O)c3c2C(=O)N(N)CC3)cc1. The summed E-state index contributed by atoms with van der Waals surface area (Å²) in [6.45, 7) is 1.82. The highest BCUT2D eigenvalue weighted by Gasteiger charge is 2.32. The number of hydrogen-bond donors (Lipinski definition) is 1. The van der Waals surface area contributed by atoms with Gasteiger partial charge in [0.1, 0.15) is 17.1 Å². The Kier molecular flexibility index (Phi) is 3.42. The zero-order valence-corrected chi connectivity index (χ0v) is 12.4. The van der Waals surface area contributed by atoms with Gasteiger partial charge in [-0.3, -0.25) is 14.6 Å². The lowest BCUT2D eigenvalue weighted by Crippen LogP contribution is -2.43. The molecule has 114 valence electrons. The van der Waals surface area contributed by atoms with Crippen molar-refractivity contribution in [2.24, 2.45) is 5.84 Å². The number of carbonyl (C=O) groups excluding carboxylic acids is 2. The number of aromatic nitrogens is 2. The van der Waals surface area contributed by atoms with E-state index in [4.69, 9.17) is 10.6 Å². The Morgan fingerprint density at radius 1 is 1.32 bits per heavy atom. The summed E-state index contributed by atoms with van der Waals surface area (Å²) in [5.41, 5.74) is 2.01. The van der Waals surface area contributed by atoms with Crippen LogP contribution in [0.1, 0.15) is 33.5 Å². The van der Waals surface area contributed by atoms with Crippen molar-refractivity contribution in [3.05, 3.63) is 41.2 Å². The fraction of sp³-hybridized carbons (Fsp3) is 0.267. The first-order chi connectivity index (χ1) is 10.5. The summed E-state index contributed by atoms with van der Waals surface area (Å²) in [7, 11) is 1.58. The molecule has 0 saturated heterocycles. The fourth-order valence-electron chi connectivity index (χ4n) is 2.57. The Balaban J connectivity index is 2.18. The maximum Gasteiger partial charge on any atom is 0.286 e. The number of hydrazine groups is 1. The summed E-state index contributed by atoms with van der Waals surface area (Å²) < 4.78 is 6.60. The van der Waals surface area contributed by atoms with Gasteiger partial charge in [0.2, 0.25) is 0 Å². The van der Waals surface area contributed by atoms with Crippen molar-refractivity contribution in [2.45, 2.75) is 13.3 Å². The van der Waals surface area contributed by atoms with Gasteiger partial charge in [-0.05, 0) is 30.7 Å². The van der Waals surface area contributed by atoms with Gasteiger partial charge in [-0.2, -0.15) is 5.10 Å². The molecule has 1 aliphatic heterocycles. The molecule has 1 aromatic carbocycles. The van der Waals surface area contributed by atoms with E-state index in [1.165, 1.54) is 11.6 Å². The van der Waals surface area contributed by atoms with Crippen LogP contribution < -0.4 is 10.6 Å². The number of Topliss-reactive ketones (excluding diaryl/α,β-unsaturated/α-hetero) is 1. The first-order valence-corrected chi connectivity index (χ1v) is 6.86. The molecule has 0 radical (unpaired) electrons. The fourth-order valence-corrected chi connectivity index (χ4v) is 2.57. The topological polar surface area (TPSA) is 90.5 Å². The van der Waals surface area contributed by atoms with Crippen LogP contribution in [0.25, 0.3) is 5.69 Å². The molecule has 7 heteroatoms. The lowest BCUT2D eigenvalue weighted by Gasteiger charge is -2.22. The number of benzene rings is 1. The molecule has 3 rings (SSSR count). The quantitative estimate of drug-likeness (QED) is 0.518. The van der Waals surface area contributed by atoms with Crippen molar-refractivity contribution in [2.75, 3.05) is 13.7 Å². The summed E-state index contributed by atoms with van der Waals surface area (Å²) in [5.74, 6) is 5.91. The van der Waals surface area contributed by atoms with Gasteiger partial charge in [-0.15, -0.1) is 0 Å². The minimum absolute atomic E-state index is 0.165. The predicted octanol–water partition coefficient (Wildman–Crippen LogP) is 0.955. The van der Waals surface area contributed by atoms with E-state index in [1.807, 2.05) is 0 Å². The van der Waals surface area contributed by atoms with Crippen molar-refractivity contribution in [1.29, 1.82) is 0 Å². The van der Waals surface area contributed by atoms with Crippen molar-refractivity contribution < 1.29 is 14.3 Å². The van der Waals surface area contributed by atoms with Crippen LogP contribution in [0.4, 0.5) is 0 Å². The van der Waals surface area contributed by atoms with Crippen molar-refractivity contribution in [3.8, 4) is 11.4 Å². The van der Waals surface area contributed by atoms with Crippen LogP contribution in [0.5, 0.6) is 5.75 Å². The van der Waals surface area contributed by atoms with Gasteiger partial charge in [0.15, 0.2) is 5.78 Å². The molecule has 2 aromatic rings. The predicted molar refractivity (Wildman–Crippen MR) is 79.0 cm³/mol. The molecule has 0 spiro atoms. The monoisotopic (exact) mass is 300 g/mol. The third-order valence-corrected chi connectivity index (χ3v) is 3.70. The Morgan fingerprint density at radius 3 is 2.59 bits per heavy atom. The Hall–Kier alpha value is -2.67. The van der Waals surface area contributed by atoms with Gasteiger partial charge < -0.3 is 4.74 Å².